The molecule has 3 aromatic rings. The molecule has 1 N–H and O–H groups in total. The summed E-state index contributed by atoms with van der Waals surface area (Å²) in [6.45, 7) is 6.76. The minimum atomic E-state index is -0.610. The number of benzene rings is 2. The van der Waals surface area contributed by atoms with E-state index < -0.39 is 11.2 Å². The van der Waals surface area contributed by atoms with E-state index in [0.717, 1.165) is 10.1 Å². The molecule has 0 atom stereocenters. The van der Waals surface area contributed by atoms with Crippen LogP contribution in [0.1, 0.15) is 36.7 Å². The number of hydrogen-bond donors (Lipinski definition) is 1. The van der Waals surface area contributed by atoms with Crippen LogP contribution in [-0.4, -0.2) is 26.9 Å². The molecule has 0 fully saturated rings. The van der Waals surface area contributed by atoms with Crippen LogP contribution < -0.4 is 16.6 Å². The smallest absolute Gasteiger partial charge is 0.336 e. The number of fused-ring (bicyclic) bond motifs is 1. The van der Waals surface area contributed by atoms with Gasteiger partial charge in [0.25, 0.3) is 5.56 Å². The lowest BCUT2D eigenvalue weighted by atomic mass is 10.1. The lowest BCUT2D eigenvalue weighted by molar-refractivity contribution is -0.122. The summed E-state index contributed by atoms with van der Waals surface area (Å²) in [7, 11) is 0. The molecule has 0 aliphatic rings. The van der Waals surface area contributed by atoms with Gasteiger partial charge in [0.05, 0.1) is 16.6 Å². The number of ketones is 1. The predicted octanol–water partition coefficient (Wildman–Crippen LogP) is 2.19. The van der Waals surface area contributed by atoms with Gasteiger partial charge in [-0.3, -0.25) is 19.0 Å². The lowest BCUT2D eigenvalue weighted by Gasteiger charge is -2.15. The van der Waals surface area contributed by atoms with Crippen molar-refractivity contribution in [1.82, 2.24) is 14.5 Å². The first-order valence-electron chi connectivity index (χ1n) is 9.36. The minimum absolute atomic E-state index is 0.0725. The number of Topliss-reactive ketones (excluding diaryl/α,β-unsaturated/α-hetero) is 1. The second-order valence-corrected chi connectivity index (χ2v) is 7.36. The molecule has 2 aromatic carbocycles. The molecular weight excluding hydrogens is 370 g/mol. The largest absolute Gasteiger partial charge is 0.352 e. The highest BCUT2D eigenvalue weighted by Crippen LogP contribution is 2.13. The van der Waals surface area contributed by atoms with Crippen LogP contribution in [0.15, 0.2) is 52.1 Å². The van der Waals surface area contributed by atoms with Crippen LogP contribution in [-0.2, 0) is 11.3 Å². The van der Waals surface area contributed by atoms with Crippen LogP contribution >= 0.6 is 0 Å². The Kier molecular flexibility index (Phi) is 5.50. The molecule has 0 aliphatic carbocycles. The molecule has 1 amide bonds. The van der Waals surface area contributed by atoms with Crippen molar-refractivity contribution in [3.63, 3.8) is 0 Å². The molecular formula is C22H23N3O4. The molecule has 0 unspecified atom stereocenters. The average Bonchev–Trinajstić information content (AvgIpc) is 2.65. The third-order valence-corrected chi connectivity index (χ3v) is 4.58. The first-order chi connectivity index (χ1) is 13.7. The van der Waals surface area contributed by atoms with Gasteiger partial charge in [0.15, 0.2) is 5.78 Å². The Morgan fingerprint density at radius 3 is 2.28 bits per heavy atom. The van der Waals surface area contributed by atoms with E-state index in [9.17, 15) is 19.2 Å². The molecule has 7 nitrogen and oxygen atoms in total. The van der Waals surface area contributed by atoms with Crippen molar-refractivity contribution < 1.29 is 9.59 Å². The molecule has 0 saturated heterocycles. The summed E-state index contributed by atoms with van der Waals surface area (Å²) in [5.41, 5.74) is 1.01. The van der Waals surface area contributed by atoms with Gasteiger partial charge in [-0.15, -0.1) is 0 Å². The second kappa shape index (κ2) is 7.87. The first kappa shape index (κ1) is 20.3. The Bertz CT molecular complexity index is 1220. The van der Waals surface area contributed by atoms with Crippen molar-refractivity contribution in [3.8, 4) is 5.69 Å². The fraction of sp³-hybridized carbons (Fsp3) is 0.273. The van der Waals surface area contributed by atoms with E-state index in [2.05, 4.69) is 5.32 Å². The molecule has 1 aromatic heterocycles. The van der Waals surface area contributed by atoms with E-state index in [1.807, 2.05) is 20.8 Å². The van der Waals surface area contributed by atoms with Gasteiger partial charge in [-0.1, -0.05) is 11.6 Å². The molecule has 0 radical (unpaired) electrons. The monoisotopic (exact) mass is 393 g/mol. The number of rotatable bonds is 5. The quantitative estimate of drug-likeness (QED) is 0.673. The molecule has 0 aliphatic heterocycles. The fourth-order valence-electron chi connectivity index (χ4n) is 3.22. The van der Waals surface area contributed by atoms with Crippen LogP contribution in [0.25, 0.3) is 16.6 Å². The zero-order chi connectivity index (χ0) is 21.3. The van der Waals surface area contributed by atoms with E-state index in [0.29, 0.717) is 22.2 Å². The van der Waals surface area contributed by atoms with Crippen molar-refractivity contribution in [3.05, 3.63) is 74.4 Å². The van der Waals surface area contributed by atoms with E-state index in [1.165, 1.54) is 11.5 Å². The summed E-state index contributed by atoms with van der Waals surface area (Å²) < 4.78 is 2.33. The topological polar surface area (TPSA) is 90.2 Å². The second-order valence-electron chi connectivity index (χ2n) is 7.36. The van der Waals surface area contributed by atoms with Crippen LogP contribution in [0.4, 0.5) is 0 Å². The van der Waals surface area contributed by atoms with Crippen molar-refractivity contribution in [2.45, 2.75) is 40.3 Å². The van der Waals surface area contributed by atoms with Gasteiger partial charge in [-0.2, -0.15) is 0 Å². The number of hydrogen-bond acceptors (Lipinski definition) is 4. The fourth-order valence-corrected chi connectivity index (χ4v) is 3.22. The molecule has 7 heteroatoms. The number of carbonyl (C=O) groups excluding carboxylic acids is 2. The van der Waals surface area contributed by atoms with Gasteiger partial charge >= 0.3 is 5.69 Å². The number of carbonyl (C=O) groups is 2. The van der Waals surface area contributed by atoms with Gasteiger partial charge in [-0.25, -0.2) is 9.36 Å². The van der Waals surface area contributed by atoms with Crippen LogP contribution in [0.5, 0.6) is 0 Å². The first-order valence-corrected chi connectivity index (χ1v) is 9.36. The maximum Gasteiger partial charge on any atom is 0.336 e. The van der Waals surface area contributed by atoms with Gasteiger partial charge < -0.3 is 5.32 Å². The summed E-state index contributed by atoms with van der Waals surface area (Å²) in [6, 6.07) is 11.4. The summed E-state index contributed by atoms with van der Waals surface area (Å²) in [5.74, 6) is -0.429. The van der Waals surface area contributed by atoms with Crippen molar-refractivity contribution in [2.75, 3.05) is 0 Å². The normalized spacial score (nSPS) is 11.1. The Labute approximate surface area is 167 Å². The predicted molar refractivity (Wildman–Crippen MR) is 112 cm³/mol. The van der Waals surface area contributed by atoms with Crippen molar-refractivity contribution in [1.29, 1.82) is 0 Å². The lowest BCUT2D eigenvalue weighted by Crippen LogP contribution is -2.42. The minimum Gasteiger partial charge on any atom is -0.352 e. The third kappa shape index (κ3) is 4.03. The highest BCUT2D eigenvalue weighted by molar-refractivity contribution is 5.94. The maximum atomic E-state index is 13.2. The Hall–Kier alpha value is -3.48. The Morgan fingerprint density at radius 1 is 1.03 bits per heavy atom. The van der Waals surface area contributed by atoms with Crippen LogP contribution in [0, 0.1) is 6.92 Å². The number of nitrogens with zero attached hydrogens (tertiary/aromatic N) is 2. The Morgan fingerprint density at radius 2 is 1.69 bits per heavy atom. The van der Waals surface area contributed by atoms with Gasteiger partial charge in [0.1, 0.15) is 6.54 Å². The number of aromatic nitrogens is 2. The molecule has 0 spiro atoms. The summed E-state index contributed by atoms with van der Waals surface area (Å²) in [4.78, 5) is 50.2. The standard InChI is InChI=1S/C22H23N3O4/c1-13(2)23-20(27)12-24-19-10-5-14(3)11-18(19)21(28)25(22(24)29)17-8-6-16(7-9-17)15(4)26/h5-11,13H,12H2,1-4H3,(H,23,27). The Balaban J connectivity index is 2.27. The maximum absolute atomic E-state index is 13.2. The average molecular weight is 393 g/mol. The summed E-state index contributed by atoms with van der Waals surface area (Å²) in [6.07, 6.45) is 0. The number of amides is 1. The van der Waals surface area contributed by atoms with E-state index in [-0.39, 0.29) is 24.3 Å². The molecule has 29 heavy (non-hydrogen) atoms. The SMILES string of the molecule is CC(=O)c1ccc(-n2c(=O)c3cc(C)ccc3n(CC(=O)NC(C)C)c2=O)cc1. The highest BCUT2D eigenvalue weighted by atomic mass is 16.2. The summed E-state index contributed by atoms with van der Waals surface area (Å²) >= 11 is 0. The van der Waals surface area contributed by atoms with Crippen molar-refractivity contribution >= 4 is 22.6 Å². The summed E-state index contributed by atoms with van der Waals surface area (Å²) in [5, 5.41) is 3.11. The van der Waals surface area contributed by atoms with Crippen LogP contribution in [0.2, 0.25) is 0 Å². The number of nitrogens with one attached hydrogen (secondary N) is 1. The molecule has 1 heterocycles. The third-order valence-electron chi connectivity index (χ3n) is 4.58. The van der Waals surface area contributed by atoms with Gasteiger partial charge in [-0.05, 0) is 64.1 Å². The zero-order valence-corrected chi connectivity index (χ0v) is 16.9. The van der Waals surface area contributed by atoms with Crippen molar-refractivity contribution in [2.24, 2.45) is 0 Å². The van der Waals surface area contributed by atoms with E-state index in [4.69, 9.17) is 0 Å². The van der Waals surface area contributed by atoms with E-state index in [1.54, 1.807) is 42.5 Å². The highest BCUT2D eigenvalue weighted by Gasteiger charge is 2.17. The van der Waals surface area contributed by atoms with Gasteiger partial charge in [0, 0.05) is 11.6 Å². The van der Waals surface area contributed by atoms with Crippen LogP contribution in [0.3, 0.4) is 0 Å². The van der Waals surface area contributed by atoms with E-state index >= 15 is 0 Å². The zero-order valence-electron chi connectivity index (χ0n) is 16.9. The molecule has 150 valence electrons. The molecule has 0 bridgehead atoms. The van der Waals surface area contributed by atoms with Gasteiger partial charge in [0.2, 0.25) is 5.91 Å². The molecule has 3 rings (SSSR count). The number of aryl methyl sites for hydroxylation is 1. The molecule has 0 saturated carbocycles.